The molecule has 1 atom stereocenters. The summed E-state index contributed by atoms with van der Waals surface area (Å²) < 4.78 is 0.939. The molecule has 1 aromatic rings. The predicted octanol–water partition coefficient (Wildman–Crippen LogP) is 1.08. The highest BCUT2D eigenvalue weighted by Crippen LogP contribution is 2.10. The van der Waals surface area contributed by atoms with E-state index in [0.29, 0.717) is 6.54 Å². The van der Waals surface area contributed by atoms with E-state index < -0.39 is 18.0 Å². The molecule has 0 saturated carbocycles. The Balaban J connectivity index is 2.42. The fourth-order valence-electron chi connectivity index (χ4n) is 1.38. The van der Waals surface area contributed by atoms with E-state index in [4.69, 9.17) is 10.2 Å². The summed E-state index contributed by atoms with van der Waals surface area (Å²) in [6.07, 6.45) is -0.0267. The van der Waals surface area contributed by atoms with E-state index in [1.54, 1.807) is 0 Å². The van der Waals surface area contributed by atoms with Crippen LogP contribution in [0.5, 0.6) is 0 Å². The predicted molar refractivity (Wildman–Crippen MR) is 72.6 cm³/mol. The van der Waals surface area contributed by atoms with Gasteiger partial charge < -0.3 is 20.8 Å². The Morgan fingerprint density at radius 2 is 1.89 bits per heavy atom. The zero-order chi connectivity index (χ0) is 14.3. The van der Waals surface area contributed by atoms with Gasteiger partial charge in [-0.2, -0.15) is 0 Å². The molecule has 0 aliphatic rings. The number of hydrogen-bond acceptors (Lipinski definition) is 3. The average molecular weight is 331 g/mol. The number of hydrogen-bond donors (Lipinski definition) is 4. The normalized spacial score (nSPS) is 11.7. The van der Waals surface area contributed by atoms with Crippen LogP contribution in [0.2, 0.25) is 0 Å². The molecular weight excluding hydrogens is 316 g/mol. The molecule has 0 radical (unpaired) electrons. The molecule has 0 fully saturated rings. The van der Waals surface area contributed by atoms with Gasteiger partial charge in [-0.25, -0.2) is 9.59 Å². The summed E-state index contributed by atoms with van der Waals surface area (Å²) in [5.41, 5.74) is 0.896. The Bertz CT molecular complexity index is 436. The quantitative estimate of drug-likeness (QED) is 0.627. The summed E-state index contributed by atoms with van der Waals surface area (Å²) in [4.78, 5) is 22.3. The lowest BCUT2D eigenvalue weighted by atomic mass is 10.2. The Kier molecular flexibility index (Phi) is 6.31. The molecule has 7 heteroatoms. The van der Waals surface area contributed by atoms with E-state index in [-0.39, 0.29) is 13.0 Å². The topological polar surface area (TPSA) is 98.7 Å². The van der Waals surface area contributed by atoms with Gasteiger partial charge in [0.05, 0.1) is 0 Å². The number of aliphatic hydroxyl groups excluding tert-OH is 1. The summed E-state index contributed by atoms with van der Waals surface area (Å²) in [7, 11) is 0. The molecule has 104 valence electrons. The van der Waals surface area contributed by atoms with Gasteiger partial charge in [0.15, 0.2) is 0 Å². The van der Waals surface area contributed by atoms with Crippen LogP contribution in [0, 0.1) is 0 Å². The second-order valence-electron chi connectivity index (χ2n) is 3.86. The molecule has 1 rings (SSSR count). The molecule has 0 aliphatic heterocycles. The van der Waals surface area contributed by atoms with Crippen molar-refractivity contribution < 1.29 is 19.8 Å². The van der Waals surface area contributed by atoms with Crippen molar-refractivity contribution in [3.8, 4) is 0 Å². The minimum Gasteiger partial charge on any atom is -0.480 e. The van der Waals surface area contributed by atoms with Crippen molar-refractivity contribution in [3.63, 3.8) is 0 Å². The number of carbonyl (C=O) groups excluding carboxylic acids is 1. The van der Waals surface area contributed by atoms with Crippen molar-refractivity contribution in [2.45, 2.75) is 19.0 Å². The molecular formula is C12H15BrN2O4. The lowest BCUT2D eigenvalue weighted by Gasteiger charge is -2.14. The maximum atomic E-state index is 11.5. The maximum absolute atomic E-state index is 11.5. The van der Waals surface area contributed by atoms with E-state index in [1.807, 2.05) is 24.3 Å². The van der Waals surface area contributed by atoms with Crippen molar-refractivity contribution in [3.05, 3.63) is 34.3 Å². The summed E-state index contributed by atoms with van der Waals surface area (Å²) in [5.74, 6) is -1.17. The third-order valence-corrected chi connectivity index (χ3v) is 2.92. The SMILES string of the molecule is O=C(NCc1ccc(Br)cc1)NC(CCO)C(=O)O. The van der Waals surface area contributed by atoms with Crippen LogP contribution in [0.15, 0.2) is 28.7 Å². The highest BCUT2D eigenvalue weighted by atomic mass is 79.9. The van der Waals surface area contributed by atoms with Crippen LogP contribution in [0.25, 0.3) is 0 Å². The molecule has 0 spiro atoms. The monoisotopic (exact) mass is 330 g/mol. The molecule has 19 heavy (non-hydrogen) atoms. The molecule has 0 heterocycles. The standard InChI is InChI=1S/C12H15BrN2O4/c13-9-3-1-8(2-4-9)7-14-12(19)15-10(5-6-16)11(17)18/h1-4,10,16H,5-7H2,(H,17,18)(H2,14,15,19). The molecule has 1 aromatic carbocycles. The Labute approximate surface area is 118 Å². The number of benzene rings is 1. The summed E-state index contributed by atoms with van der Waals surface area (Å²) >= 11 is 3.30. The average Bonchev–Trinajstić information content (AvgIpc) is 2.37. The molecule has 0 bridgehead atoms. The van der Waals surface area contributed by atoms with Crippen molar-refractivity contribution in [2.24, 2.45) is 0 Å². The zero-order valence-electron chi connectivity index (χ0n) is 10.1. The third kappa shape index (κ3) is 5.71. The van der Waals surface area contributed by atoms with E-state index in [2.05, 4.69) is 26.6 Å². The largest absolute Gasteiger partial charge is 0.480 e. The van der Waals surface area contributed by atoms with Crippen molar-refractivity contribution >= 4 is 27.9 Å². The van der Waals surface area contributed by atoms with E-state index >= 15 is 0 Å². The molecule has 4 N–H and O–H groups in total. The Hall–Kier alpha value is -1.60. The summed E-state index contributed by atoms with van der Waals surface area (Å²) in [6, 6.07) is 5.71. The summed E-state index contributed by atoms with van der Waals surface area (Å²) in [5, 5.41) is 22.3. The molecule has 0 aliphatic carbocycles. The lowest BCUT2D eigenvalue weighted by Crippen LogP contribution is -2.46. The van der Waals surface area contributed by atoms with Crippen molar-refractivity contribution in [2.75, 3.05) is 6.61 Å². The number of nitrogens with one attached hydrogen (secondary N) is 2. The Morgan fingerprint density at radius 1 is 1.26 bits per heavy atom. The molecule has 6 nitrogen and oxygen atoms in total. The first-order chi connectivity index (χ1) is 9.02. The van der Waals surface area contributed by atoms with Gasteiger partial charge in [0.1, 0.15) is 6.04 Å². The lowest BCUT2D eigenvalue weighted by molar-refractivity contribution is -0.139. The fourth-order valence-corrected chi connectivity index (χ4v) is 1.64. The molecule has 0 saturated heterocycles. The number of urea groups is 1. The van der Waals surface area contributed by atoms with Crippen LogP contribution in [-0.2, 0) is 11.3 Å². The van der Waals surface area contributed by atoms with Gasteiger partial charge >= 0.3 is 12.0 Å². The second kappa shape index (κ2) is 7.75. The van der Waals surface area contributed by atoms with Gasteiger partial charge in [0, 0.05) is 24.0 Å². The Morgan fingerprint density at radius 3 is 2.42 bits per heavy atom. The number of halogens is 1. The first kappa shape index (κ1) is 15.5. The van der Waals surface area contributed by atoms with Gasteiger partial charge in [0.25, 0.3) is 0 Å². The van der Waals surface area contributed by atoms with Crippen LogP contribution in [0.4, 0.5) is 4.79 Å². The second-order valence-corrected chi connectivity index (χ2v) is 4.77. The molecule has 1 unspecified atom stereocenters. The smallest absolute Gasteiger partial charge is 0.326 e. The first-order valence-electron chi connectivity index (χ1n) is 5.65. The van der Waals surface area contributed by atoms with Crippen molar-refractivity contribution in [1.82, 2.24) is 10.6 Å². The van der Waals surface area contributed by atoms with Gasteiger partial charge in [-0.3, -0.25) is 0 Å². The van der Waals surface area contributed by atoms with E-state index in [1.165, 1.54) is 0 Å². The maximum Gasteiger partial charge on any atom is 0.326 e. The van der Waals surface area contributed by atoms with Crippen LogP contribution in [0.3, 0.4) is 0 Å². The summed E-state index contributed by atoms with van der Waals surface area (Å²) in [6.45, 7) is -0.00542. The number of aliphatic carboxylic acids is 1. The molecule has 2 amide bonds. The van der Waals surface area contributed by atoms with Crippen LogP contribution >= 0.6 is 15.9 Å². The highest BCUT2D eigenvalue weighted by Gasteiger charge is 2.18. The number of amides is 2. The van der Waals surface area contributed by atoms with Gasteiger partial charge in [0.2, 0.25) is 0 Å². The number of carbonyl (C=O) groups is 2. The fraction of sp³-hybridized carbons (Fsp3) is 0.333. The van der Waals surface area contributed by atoms with Crippen LogP contribution < -0.4 is 10.6 Å². The van der Waals surface area contributed by atoms with Gasteiger partial charge in [-0.15, -0.1) is 0 Å². The number of aliphatic hydroxyl groups is 1. The van der Waals surface area contributed by atoms with Crippen LogP contribution in [-0.4, -0.2) is 34.9 Å². The zero-order valence-corrected chi connectivity index (χ0v) is 11.7. The minimum absolute atomic E-state index is 0.0267. The highest BCUT2D eigenvalue weighted by molar-refractivity contribution is 9.10. The van der Waals surface area contributed by atoms with Gasteiger partial charge in [-0.05, 0) is 17.7 Å². The van der Waals surface area contributed by atoms with E-state index in [9.17, 15) is 9.59 Å². The van der Waals surface area contributed by atoms with Gasteiger partial charge in [-0.1, -0.05) is 28.1 Å². The molecule has 0 aromatic heterocycles. The van der Waals surface area contributed by atoms with Crippen molar-refractivity contribution in [1.29, 1.82) is 0 Å². The third-order valence-electron chi connectivity index (χ3n) is 2.39. The number of rotatable bonds is 6. The number of carboxylic acid groups (broad SMARTS) is 1. The first-order valence-corrected chi connectivity index (χ1v) is 6.44. The number of carboxylic acids is 1. The minimum atomic E-state index is -1.17. The van der Waals surface area contributed by atoms with Crippen LogP contribution in [0.1, 0.15) is 12.0 Å². The van der Waals surface area contributed by atoms with E-state index in [0.717, 1.165) is 10.0 Å².